The van der Waals surface area contributed by atoms with Crippen LogP contribution >= 0.6 is 27.5 Å². The lowest BCUT2D eigenvalue weighted by Crippen LogP contribution is -2.07. The molecule has 1 atom stereocenters. The summed E-state index contributed by atoms with van der Waals surface area (Å²) >= 11 is 9.75. The van der Waals surface area contributed by atoms with Crippen LogP contribution in [0.1, 0.15) is 22.9 Å². The lowest BCUT2D eigenvalue weighted by molar-refractivity contribution is 0.0165. The number of alkyl halides is 3. The van der Waals surface area contributed by atoms with Crippen molar-refractivity contribution in [3.63, 3.8) is 0 Å². The minimum absolute atomic E-state index is 0.208. The average molecular weight is 356 g/mol. The summed E-state index contributed by atoms with van der Waals surface area (Å²) in [6, 6.07) is 3.93. The van der Waals surface area contributed by atoms with Gasteiger partial charge in [0.1, 0.15) is 12.4 Å². The fourth-order valence-corrected chi connectivity index (χ4v) is 2.82. The van der Waals surface area contributed by atoms with E-state index in [4.69, 9.17) is 21.1 Å². The van der Waals surface area contributed by atoms with Crippen molar-refractivity contribution in [1.82, 2.24) is 0 Å². The molecule has 2 rings (SSSR count). The molecule has 2 nitrogen and oxygen atoms in total. The Balaban J connectivity index is 1.97. The van der Waals surface area contributed by atoms with Crippen LogP contribution in [0.5, 0.6) is 5.75 Å². The smallest absolute Gasteiger partial charge is 0.261 e. The highest BCUT2D eigenvalue weighted by Crippen LogP contribution is 2.39. The molecule has 0 aromatic heterocycles. The van der Waals surface area contributed by atoms with Gasteiger partial charge in [0, 0.05) is 23.1 Å². The molecule has 0 aliphatic carbocycles. The molecule has 6 heteroatoms. The number of fused-ring (bicyclic) bond motifs is 1. The van der Waals surface area contributed by atoms with E-state index in [1.807, 2.05) is 12.1 Å². The van der Waals surface area contributed by atoms with E-state index in [1.54, 1.807) is 0 Å². The standard InChI is InChI=1S/C13H14BrClF2O2/c14-9-5-8-1-4-19-13(8)10(6-9)11(15)2-3-18-7-12(16)17/h5-6,11-12H,1-4,7H2. The summed E-state index contributed by atoms with van der Waals surface area (Å²) in [6.07, 6.45) is -1.10. The quantitative estimate of drug-likeness (QED) is 0.558. The molecule has 0 spiro atoms. The molecule has 1 aliphatic heterocycles. The third-order valence-electron chi connectivity index (χ3n) is 2.87. The van der Waals surface area contributed by atoms with Crippen LogP contribution < -0.4 is 4.74 Å². The van der Waals surface area contributed by atoms with Crippen LogP contribution in [0.4, 0.5) is 8.78 Å². The topological polar surface area (TPSA) is 18.5 Å². The van der Waals surface area contributed by atoms with Crippen LogP contribution in [0.15, 0.2) is 16.6 Å². The molecule has 0 fully saturated rings. The molecule has 0 saturated carbocycles. The Kier molecular flexibility index (Phi) is 5.42. The molecule has 106 valence electrons. The zero-order valence-corrected chi connectivity index (χ0v) is 12.5. The Morgan fingerprint density at radius 1 is 1.42 bits per heavy atom. The van der Waals surface area contributed by atoms with E-state index in [0.717, 1.165) is 27.8 Å². The van der Waals surface area contributed by atoms with Crippen LogP contribution in [0.25, 0.3) is 0 Å². The first-order valence-corrected chi connectivity index (χ1v) is 7.26. The number of rotatable bonds is 6. The summed E-state index contributed by atoms with van der Waals surface area (Å²) < 4.78 is 35.2. The van der Waals surface area contributed by atoms with Gasteiger partial charge in [-0.15, -0.1) is 11.6 Å². The second-order valence-electron chi connectivity index (χ2n) is 4.30. The highest BCUT2D eigenvalue weighted by molar-refractivity contribution is 9.10. The zero-order valence-electron chi connectivity index (χ0n) is 10.2. The van der Waals surface area contributed by atoms with Crippen molar-refractivity contribution in [3.8, 4) is 5.75 Å². The van der Waals surface area contributed by atoms with Crippen molar-refractivity contribution >= 4 is 27.5 Å². The second-order valence-corrected chi connectivity index (χ2v) is 5.75. The van der Waals surface area contributed by atoms with Crippen LogP contribution in [0.3, 0.4) is 0 Å². The zero-order chi connectivity index (χ0) is 13.8. The van der Waals surface area contributed by atoms with E-state index >= 15 is 0 Å². The van der Waals surface area contributed by atoms with Crippen molar-refractivity contribution in [1.29, 1.82) is 0 Å². The van der Waals surface area contributed by atoms with Crippen molar-refractivity contribution in [2.75, 3.05) is 19.8 Å². The first-order valence-electron chi connectivity index (χ1n) is 6.03. The number of hydrogen-bond acceptors (Lipinski definition) is 2. The predicted molar refractivity (Wildman–Crippen MR) is 73.4 cm³/mol. The molecule has 1 aromatic carbocycles. The third-order valence-corrected chi connectivity index (χ3v) is 3.79. The highest BCUT2D eigenvalue weighted by atomic mass is 79.9. The summed E-state index contributed by atoms with van der Waals surface area (Å²) in [6.45, 7) is 0.320. The van der Waals surface area contributed by atoms with Gasteiger partial charge >= 0.3 is 0 Å². The van der Waals surface area contributed by atoms with Gasteiger partial charge in [0.15, 0.2) is 0 Å². The molecular formula is C13H14BrClF2O2. The maximum absolute atomic E-state index is 11.9. The Bertz CT molecular complexity index is 443. The van der Waals surface area contributed by atoms with Crippen LogP contribution in [-0.4, -0.2) is 26.2 Å². The number of hydrogen-bond donors (Lipinski definition) is 0. The first kappa shape index (κ1) is 15.0. The SMILES string of the molecule is FC(F)COCCC(Cl)c1cc(Br)cc2c1OCC2. The van der Waals surface area contributed by atoms with E-state index in [1.165, 1.54) is 0 Å². The van der Waals surface area contributed by atoms with E-state index in [0.29, 0.717) is 13.0 Å². The van der Waals surface area contributed by atoms with Crippen molar-refractivity contribution in [3.05, 3.63) is 27.7 Å². The maximum Gasteiger partial charge on any atom is 0.261 e. The molecule has 0 N–H and O–H groups in total. The van der Waals surface area contributed by atoms with Crippen molar-refractivity contribution < 1.29 is 18.3 Å². The number of halogens is 4. The van der Waals surface area contributed by atoms with Gasteiger partial charge in [-0.2, -0.15) is 0 Å². The number of ether oxygens (including phenoxy) is 2. The van der Waals surface area contributed by atoms with Gasteiger partial charge in [0.2, 0.25) is 0 Å². The Hall–Kier alpha value is -0.390. The van der Waals surface area contributed by atoms with E-state index in [2.05, 4.69) is 15.9 Å². The van der Waals surface area contributed by atoms with Gasteiger partial charge in [-0.05, 0) is 24.1 Å². The molecule has 1 aliphatic rings. The molecule has 1 unspecified atom stereocenters. The molecule has 1 heterocycles. The third kappa shape index (κ3) is 4.04. The summed E-state index contributed by atoms with van der Waals surface area (Å²) in [5.41, 5.74) is 2.02. The summed E-state index contributed by atoms with van der Waals surface area (Å²) in [5.74, 6) is 0.831. The fourth-order valence-electron chi connectivity index (χ4n) is 2.05. The molecule has 19 heavy (non-hydrogen) atoms. The van der Waals surface area contributed by atoms with Crippen LogP contribution in [-0.2, 0) is 11.2 Å². The first-order chi connectivity index (χ1) is 9.08. The van der Waals surface area contributed by atoms with Gasteiger partial charge < -0.3 is 9.47 Å². The van der Waals surface area contributed by atoms with E-state index in [-0.39, 0.29) is 12.0 Å². The monoisotopic (exact) mass is 354 g/mol. The Morgan fingerprint density at radius 3 is 2.95 bits per heavy atom. The minimum Gasteiger partial charge on any atom is -0.493 e. The van der Waals surface area contributed by atoms with E-state index < -0.39 is 13.0 Å². The molecule has 0 radical (unpaired) electrons. The van der Waals surface area contributed by atoms with Gasteiger partial charge in [-0.25, -0.2) is 8.78 Å². The molecule has 0 saturated heterocycles. The van der Waals surface area contributed by atoms with E-state index in [9.17, 15) is 8.78 Å². The lowest BCUT2D eigenvalue weighted by atomic mass is 10.0. The molecule has 0 amide bonds. The molecule has 0 bridgehead atoms. The summed E-state index contributed by atoms with van der Waals surface area (Å²) in [5, 5.41) is -0.304. The largest absolute Gasteiger partial charge is 0.493 e. The van der Waals surface area contributed by atoms with Gasteiger partial charge in [-0.3, -0.25) is 0 Å². The van der Waals surface area contributed by atoms with Gasteiger partial charge in [0.05, 0.1) is 12.0 Å². The summed E-state index contributed by atoms with van der Waals surface area (Å²) in [7, 11) is 0. The van der Waals surface area contributed by atoms with Crippen molar-refractivity contribution in [2.24, 2.45) is 0 Å². The van der Waals surface area contributed by atoms with Crippen LogP contribution in [0.2, 0.25) is 0 Å². The predicted octanol–water partition coefficient (Wildman–Crippen LogP) is 4.34. The normalized spacial score (nSPS) is 15.4. The average Bonchev–Trinajstić information content (AvgIpc) is 2.80. The highest BCUT2D eigenvalue weighted by Gasteiger charge is 2.22. The van der Waals surface area contributed by atoms with Crippen LogP contribution in [0, 0.1) is 0 Å². The van der Waals surface area contributed by atoms with Gasteiger partial charge in [-0.1, -0.05) is 15.9 Å². The molecule has 1 aromatic rings. The number of benzene rings is 1. The fraction of sp³-hybridized carbons (Fsp3) is 0.538. The Labute approximate surface area is 124 Å². The second kappa shape index (κ2) is 6.86. The lowest BCUT2D eigenvalue weighted by Gasteiger charge is -2.14. The minimum atomic E-state index is -2.44. The van der Waals surface area contributed by atoms with Gasteiger partial charge in [0.25, 0.3) is 6.43 Å². The Morgan fingerprint density at radius 2 is 2.21 bits per heavy atom. The maximum atomic E-state index is 11.9. The molecular weight excluding hydrogens is 341 g/mol. The summed E-state index contributed by atoms with van der Waals surface area (Å²) in [4.78, 5) is 0. The van der Waals surface area contributed by atoms with Crippen molar-refractivity contribution in [2.45, 2.75) is 24.6 Å².